The molecule has 4 heteroatoms. The van der Waals surface area contributed by atoms with E-state index in [1.807, 2.05) is 0 Å². The summed E-state index contributed by atoms with van der Waals surface area (Å²) in [6, 6.07) is 0. The predicted octanol–water partition coefficient (Wildman–Crippen LogP) is 5.75. The van der Waals surface area contributed by atoms with Gasteiger partial charge in [-0.1, -0.05) is 44.8 Å². The highest BCUT2D eigenvalue weighted by molar-refractivity contribution is 5.66. The lowest BCUT2D eigenvalue weighted by molar-refractivity contribution is -0.137. The number of unbranched alkanes of at least 4 members (excludes halogenated alkanes) is 5. The monoisotopic (exact) mass is 380 g/mol. The summed E-state index contributed by atoms with van der Waals surface area (Å²) in [5.74, 6) is 0.668. The molecule has 2 fully saturated rings. The van der Waals surface area contributed by atoms with Crippen LogP contribution < -0.4 is 0 Å². The Hall–Kier alpha value is -0.870. The molecule has 0 radical (unpaired) electrons. The van der Waals surface area contributed by atoms with Crippen molar-refractivity contribution in [1.29, 1.82) is 0 Å². The number of fused-ring (bicyclic) bond motifs is 2. The van der Waals surface area contributed by atoms with Crippen LogP contribution in [0.4, 0.5) is 0 Å². The van der Waals surface area contributed by atoms with Crippen molar-refractivity contribution in [3.05, 3.63) is 12.2 Å². The van der Waals surface area contributed by atoms with Gasteiger partial charge in [-0.25, -0.2) is 0 Å². The van der Waals surface area contributed by atoms with Gasteiger partial charge >= 0.3 is 5.97 Å². The van der Waals surface area contributed by atoms with E-state index in [4.69, 9.17) is 14.6 Å². The van der Waals surface area contributed by atoms with Gasteiger partial charge in [0.2, 0.25) is 0 Å². The number of allylic oxidation sites excluding steroid dienone is 2. The minimum atomic E-state index is -0.699. The van der Waals surface area contributed by atoms with Crippen molar-refractivity contribution in [3.8, 4) is 0 Å². The molecule has 2 heterocycles. The van der Waals surface area contributed by atoms with Gasteiger partial charge in [0.15, 0.2) is 0 Å². The lowest BCUT2D eigenvalue weighted by Crippen LogP contribution is -2.26. The largest absolute Gasteiger partial charge is 0.481 e. The Balaban J connectivity index is 1.57. The summed E-state index contributed by atoms with van der Waals surface area (Å²) in [5.41, 5.74) is 0. The molecule has 0 spiro atoms. The first kappa shape index (κ1) is 22.4. The first-order valence-corrected chi connectivity index (χ1v) is 11.3. The Kier molecular flexibility index (Phi) is 11.1. The molecular formula is C23H40O4. The highest BCUT2D eigenvalue weighted by Crippen LogP contribution is 2.47. The van der Waals surface area contributed by atoms with Crippen LogP contribution in [0.15, 0.2) is 12.2 Å². The average molecular weight is 381 g/mol. The topological polar surface area (TPSA) is 55.8 Å². The van der Waals surface area contributed by atoms with Gasteiger partial charge in [-0.05, 0) is 63.2 Å². The zero-order valence-electron chi connectivity index (χ0n) is 17.2. The second-order valence-corrected chi connectivity index (χ2v) is 8.28. The molecular weight excluding hydrogens is 340 g/mol. The molecule has 0 unspecified atom stereocenters. The number of carboxylic acid groups (broad SMARTS) is 1. The van der Waals surface area contributed by atoms with Gasteiger partial charge in [0, 0.05) is 19.6 Å². The van der Waals surface area contributed by atoms with Crippen molar-refractivity contribution in [3.63, 3.8) is 0 Å². The van der Waals surface area contributed by atoms with Crippen LogP contribution in [0.25, 0.3) is 0 Å². The molecule has 2 aliphatic heterocycles. The van der Waals surface area contributed by atoms with E-state index < -0.39 is 5.97 Å². The molecule has 2 saturated heterocycles. The summed E-state index contributed by atoms with van der Waals surface area (Å²) in [6.07, 6.45) is 19.6. The molecule has 0 amide bonds. The molecule has 1 N–H and O–H groups in total. The Morgan fingerprint density at radius 3 is 2.48 bits per heavy atom. The molecule has 156 valence electrons. The summed E-state index contributed by atoms with van der Waals surface area (Å²) in [7, 11) is 0. The summed E-state index contributed by atoms with van der Waals surface area (Å²) < 4.78 is 12.0. The number of aliphatic carboxylic acids is 1. The Morgan fingerprint density at radius 2 is 1.74 bits per heavy atom. The minimum absolute atomic E-state index is 0.269. The molecule has 0 aromatic rings. The molecule has 4 atom stereocenters. The molecule has 0 aromatic heterocycles. The zero-order valence-corrected chi connectivity index (χ0v) is 17.2. The fraction of sp³-hybridized carbons (Fsp3) is 0.870. The van der Waals surface area contributed by atoms with Crippen molar-refractivity contribution in [1.82, 2.24) is 0 Å². The molecule has 0 saturated carbocycles. The van der Waals surface area contributed by atoms with Gasteiger partial charge < -0.3 is 14.6 Å². The molecule has 2 aliphatic rings. The van der Waals surface area contributed by atoms with Crippen LogP contribution in [0, 0.1) is 11.8 Å². The fourth-order valence-electron chi connectivity index (χ4n) is 4.66. The summed E-state index contributed by atoms with van der Waals surface area (Å²) in [4.78, 5) is 10.5. The maximum Gasteiger partial charge on any atom is 0.303 e. The normalized spacial score (nSPS) is 27.0. The van der Waals surface area contributed by atoms with Crippen molar-refractivity contribution >= 4 is 5.97 Å². The van der Waals surface area contributed by atoms with Crippen LogP contribution in [0.3, 0.4) is 0 Å². The van der Waals surface area contributed by atoms with Crippen LogP contribution in [0.2, 0.25) is 0 Å². The highest BCUT2D eigenvalue weighted by Gasteiger charge is 2.47. The third-order valence-corrected chi connectivity index (χ3v) is 6.15. The molecule has 27 heavy (non-hydrogen) atoms. The van der Waals surface area contributed by atoms with Crippen LogP contribution in [0.5, 0.6) is 0 Å². The van der Waals surface area contributed by atoms with Crippen molar-refractivity contribution in [2.45, 2.75) is 103 Å². The number of hydrogen-bond acceptors (Lipinski definition) is 3. The van der Waals surface area contributed by atoms with E-state index in [1.54, 1.807) is 0 Å². The van der Waals surface area contributed by atoms with Crippen molar-refractivity contribution < 1.29 is 19.4 Å². The van der Waals surface area contributed by atoms with Crippen LogP contribution >= 0.6 is 0 Å². The second-order valence-electron chi connectivity index (χ2n) is 8.28. The summed E-state index contributed by atoms with van der Waals surface area (Å²) in [5, 5.41) is 8.68. The summed E-state index contributed by atoms with van der Waals surface area (Å²) in [6.45, 7) is 4.07. The van der Waals surface area contributed by atoms with E-state index in [-0.39, 0.29) is 6.42 Å². The number of carbonyl (C=O) groups is 1. The van der Waals surface area contributed by atoms with Gasteiger partial charge in [0.25, 0.3) is 0 Å². The molecule has 4 nitrogen and oxygen atoms in total. The number of carboxylic acids is 1. The van der Waals surface area contributed by atoms with E-state index in [9.17, 15) is 4.79 Å². The Labute approximate surface area is 165 Å². The maximum absolute atomic E-state index is 10.5. The van der Waals surface area contributed by atoms with Crippen molar-refractivity contribution in [2.75, 3.05) is 13.2 Å². The smallest absolute Gasteiger partial charge is 0.303 e. The average Bonchev–Trinajstić information content (AvgIpc) is 3.25. The zero-order chi connectivity index (χ0) is 19.3. The van der Waals surface area contributed by atoms with E-state index >= 15 is 0 Å². The number of ether oxygens (including phenoxy) is 2. The highest BCUT2D eigenvalue weighted by atomic mass is 16.5. The first-order valence-electron chi connectivity index (χ1n) is 11.3. The maximum atomic E-state index is 10.5. The van der Waals surface area contributed by atoms with Gasteiger partial charge in [-0.15, -0.1) is 0 Å². The number of hydrogen-bond donors (Lipinski definition) is 1. The number of rotatable bonds is 16. The third-order valence-electron chi connectivity index (χ3n) is 6.15. The van der Waals surface area contributed by atoms with E-state index in [1.165, 1.54) is 57.8 Å². The molecule has 2 rings (SSSR count). The SMILES string of the molecule is CCCCCCOCCCC[C@@H]1[C@H](CC=CCCCC(=O)O)[C@@H]2CC[C@H]1O2. The van der Waals surface area contributed by atoms with E-state index in [2.05, 4.69) is 19.1 Å². The van der Waals surface area contributed by atoms with E-state index in [0.29, 0.717) is 24.0 Å². The van der Waals surface area contributed by atoms with Gasteiger partial charge in [0.1, 0.15) is 0 Å². The Bertz CT molecular complexity index is 434. The van der Waals surface area contributed by atoms with Gasteiger partial charge in [-0.3, -0.25) is 4.79 Å². The van der Waals surface area contributed by atoms with Crippen molar-refractivity contribution in [2.24, 2.45) is 11.8 Å². The fourth-order valence-corrected chi connectivity index (χ4v) is 4.66. The lowest BCUT2D eigenvalue weighted by Gasteiger charge is -2.27. The standard InChI is InChI=1S/C23H40O4/c1-2-3-4-10-17-26-18-11-9-13-20-19(21-15-16-22(20)27-21)12-7-5-6-8-14-23(24)25/h5,7,19-22H,2-4,6,8-18H2,1H3,(H,24,25)/t19-,20+,21-,22+/m0/s1. The minimum Gasteiger partial charge on any atom is -0.481 e. The van der Waals surface area contributed by atoms with E-state index in [0.717, 1.165) is 32.5 Å². The van der Waals surface area contributed by atoms with Gasteiger partial charge in [0.05, 0.1) is 12.2 Å². The quantitative estimate of drug-likeness (QED) is 0.274. The van der Waals surface area contributed by atoms with Gasteiger partial charge in [-0.2, -0.15) is 0 Å². The molecule has 0 aliphatic carbocycles. The Morgan fingerprint density at radius 1 is 1.00 bits per heavy atom. The van der Waals surface area contributed by atoms with Crippen LogP contribution in [-0.4, -0.2) is 36.5 Å². The second kappa shape index (κ2) is 13.3. The summed E-state index contributed by atoms with van der Waals surface area (Å²) >= 11 is 0. The van der Waals surface area contributed by atoms with Crippen LogP contribution in [0.1, 0.15) is 90.4 Å². The predicted molar refractivity (Wildman–Crippen MR) is 109 cm³/mol. The first-order chi connectivity index (χ1) is 13.2. The third kappa shape index (κ3) is 8.35. The van der Waals surface area contributed by atoms with Crippen LogP contribution in [-0.2, 0) is 14.3 Å². The molecule has 0 aromatic carbocycles. The molecule has 2 bridgehead atoms. The lowest BCUT2D eigenvalue weighted by atomic mass is 9.75.